The van der Waals surface area contributed by atoms with E-state index in [1.807, 2.05) is 30.8 Å². The summed E-state index contributed by atoms with van der Waals surface area (Å²) in [7, 11) is 0. The zero-order chi connectivity index (χ0) is 18.8. The first-order chi connectivity index (χ1) is 13.1. The number of nitrogen functional groups attached to an aromatic ring is 1. The van der Waals surface area contributed by atoms with Crippen LogP contribution in [0, 0.1) is 0 Å². The predicted octanol–water partition coefficient (Wildman–Crippen LogP) is 3.61. The predicted molar refractivity (Wildman–Crippen MR) is 115 cm³/mol. The Morgan fingerprint density at radius 1 is 1.19 bits per heavy atom. The van der Waals surface area contributed by atoms with Gasteiger partial charge in [0.25, 0.3) is 5.91 Å². The number of hydrogen-bond donors (Lipinski definition) is 3. The lowest BCUT2D eigenvalue weighted by Gasteiger charge is -2.26. The van der Waals surface area contributed by atoms with Crippen molar-refractivity contribution in [3.8, 4) is 0 Å². The minimum atomic E-state index is -0.0970. The highest BCUT2D eigenvalue weighted by molar-refractivity contribution is 7.99. The normalized spacial score (nSPS) is 18.8. The summed E-state index contributed by atoms with van der Waals surface area (Å²) in [6, 6.07) is 13.9. The van der Waals surface area contributed by atoms with Crippen LogP contribution in [0.25, 0.3) is 5.57 Å². The number of nitrogens with two attached hydrogens (primary N) is 1. The largest absolute Gasteiger partial charge is 0.399 e. The standard InChI is InChI=1S/C21H24N4OS/c1-14(20-18-12-16(22)4-7-19(18)24-21(20)26)23-17-5-2-15(3-6-17)13-25-8-10-27-11-9-25/h2-7,12,23H,8-11,13,22H2,1H3,(H,24,26). The zero-order valence-electron chi connectivity index (χ0n) is 15.4. The van der Waals surface area contributed by atoms with Crippen LogP contribution in [0.4, 0.5) is 17.1 Å². The topological polar surface area (TPSA) is 70.4 Å². The second kappa shape index (κ2) is 7.66. The van der Waals surface area contributed by atoms with E-state index in [-0.39, 0.29) is 5.91 Å². The Balaban J connectivity index is 1.49. The molecule has 1 saturated heterocycles. The van der Waals surface area contributed by atoms with Gasteiger partial charge in [-0.25, -0.2) is 0 Å². The van der Waals surface area contributed by atoms with Crippen LogP contribution in [0.2, 0.25) is 0 Å². The number of nitrogens with zero attached hydrogens (tertiary/aromatic N) is 1. The fourth-order valence-electron chi connectivity index (χ4n) is 3.55. The molecule has 0 aliphatic carbocycles. The van der Waals surface area contributed by atoms with Gasteiger partial charge in [0.15, 0.2) is 0 Å². The van der Waals surface area contributed by atoms with Crippen molar-refractivity contribution in [2.75, 3.05) is 41.0 Å². The number of allylic oxidation sites excluding steroid dienone is 1. The molecule has 2 heterocycles. The van der Waals surface area contributed by atoms with Crippen LogP contribution >= 0.6 is 11.8 Å². The van der Waals surface area contributed by atoms with Gasteiger partial charge in [0.2, 0.25) is 0 Å². The number of carbonyl (C=O) groups excluding carboxylic acids is 1. The number of fused-ring (bicyclic) bond motifs is 1. The van der Waals surface area contributed by atoms with E-state index in [0.717, 1.165) is 42.3 Å². The maximum atomic E-state index is 12.4. The Labute approximate surface area is 164 Å². The summed E-state index contributed by atoms with van der Waals surface area (Å²) in [5, 5.41) is 6.26. The van der Waals surface area contributed by atoms with Crippen molar-refractivity contribution < 1.29 is 4.79 Å². The van der Waals surface area contributed by atoms with E-state index in [0.29, 0.717) is 11.3 Å². The van der Waals surface area contributed by atoms with Gasteiger partial charge in [-0.1, -0.05) is 12.1 Å². The Morgan fingerprint density at radius 2 is 1.93 bits per heavy atom. The molecular weight excluding hydrogens is 356 g/mol. The Bertz CT molecular complexity index is 886. The lowest BCUT2D eigenvalue weighted by molar-refractivity contribution is -0.110. The fourth-order valence-corrected chi connectivity index (χ4v) is 4.53. The van der Waals surface area contributed by atoms with Gasteiger partial charge in [-0.15, -0.1) is 0 Å². The third-order valence-corrected chi connectivity index (χ3v) is 5.90. The van der Waals surface area contributed by atoms with Gasteiger partial charge in [-0.2, -0.15) is 11.8 Å². The summed E-state index contributed by atoms with van der Waals surface area (Å²) < 4.78 is 0. The summed E-state index contributed by atoms with van der Waals surface area (Å²) in [5.41, 5.74) is 12.0. The summed E-state index contributed by atoms with van der Waals surface area (Å²) in [4.78, 5) is 14.9. The average molecular weight is 381 g/mol. The molecule has 1 amide bonds. The number of rotatable bonds is 4. The molecule has 0 saturated carbocycles. The molecule has 2 aromatic carbocycles. The number of hydrogen-bond acceptors (Lipinski definition) is 5. The molecule has 2 aliphatic rings. The second-order valence-corrected chi connectivity index (χ2v) is 8.19. The van der Waals surface area contributed by atoms with Gasteiger partial charge >= 0.3 is 0 Å². The molecule has 0 atom stereocenters. The van der Waals surface area contributed by atoms with Gasteiger partial charge < -0.3 is 16.4 Å². The van der Waals surface area contributed by atoms with E-state index in [1.54, 1.807) is 6.07 Å². The summed E-state index contributed by atoms with van der Waals surface area (Å²) in [6.07, 6.45) is 0. The third-order valence-electron chi connectivity index (χ3n) is 4.96. The third kappa shape index (κ3) is 3.96. The quantitative estimate of drug-likeness (QED) is 0.558. The maximum absolute atomic E-state index is 12.4. The molecule has 6 heteroatoms. The van der Waals surface area contributed by atoms with Crippen molar-refractivity contribution in [3.05, 3.63) is 59.3 Å². The average Bonchev–Trinajstić information content (AvgIpc) is 2.99. The molecule has 0 spiro atoms. The molecule has 4 rings (SSSR count). The summed E-state index contributed by atoms with van der Waals surface area (Å²) in [5.74, 6) is 2.35. The van der Waals surface area contributed by atoms with E-state index in [1.165, 1.54) is 17.1 Å². The van der Waals surface area contributed by atoms with Gasteiger partial charge in [0, 0.05) is 59.5 Å². The fraction of sp³-hybridized carbons (Fsp3) is 0.286. The molecule has 0 unspecified atom stereocenters. The van der Waals surface area contributed by atoms with Crippen LogP contribution in [0.5, 0.6) is 0 Å². The molecule has 4 N–H and O–H groups in total. The molecule has 1 fully saturated rings. The van der Waals surface area contributed by atoms with Crippen molar-refractivity contribution in [1.29, 1.82) is 0 Å². The minimum Gasteiger partial charge on any atom is -0.399 e. The van der Waals surface area contributed by atoms with Crippen molar-refractivity contribution in [2.45, 2.75) is 13.5 Å². The first kappa shape index (κ1) is 17.9. The Kier molecular flexibility index (Phi) is 5.09. The van der Waals surface area contributed by atoms with Crippen molar-refractivity contribution >= 4 is 40.3 Å². The highest BCUT2D eigenvalue weighted by Crippen LogP contribution is 2.35. The Hall–Kier alpha value is -2.44. The molecule has 0 aromatic heterocycles. The smallest absolute Gasteiger partial charge is 0.258 e. The molecule has 0 radical (unpaired) electrons. The van der Waals surface area contributed by atoms with Gasteiger partial charge in [0.05, 0.1) is 5.57 Å². The van der Waals surface area contributed by atoms with Crippen LogP contribution < -0.4 is 16.4 Å². The van der Waals surface area contributed by atoms with E-state index >= 15 is 0 Å². The van der Waals surface area contributed by atoms with Gasteiger partial charge in [-0.3, -0.25) is 9.69 Å². The number of amides is 1. The number of anilines is 3. The number of carbonyl (C=O) groups is 1. The summed E-state index contributed by atoms with van der Waals surface area (Å²) >= 11 is 2.03. The SMILES string of the molecule is CC(Nc1ccc(CN2CCSCC2)cc1)=C1C(=O)Nc2ccc(N)cc21. The molecular formula is C21H24N4OS. The van der Waals surface area contributed by atoms with Crippen molar-refractivity contribution in [1.82, 2.24) is 4.90 Å². The van der Waals surface area contributed by atoms with Crippen LogP contribution in [0.3, 0.4) is 0 Å². The first-order valence-electron chi connectivity index (χ1n) is 9.18. The monoisotopic (exact) mass is 380 g/mol. The molecule has 2 aliphatic heterocycles. The maximum Gasteiger partial charge on any atom is 0.258 e. The van der Waals surface area contributed by atoms with E-state index in [9.17, 15) is 4.79 Å². The van der Waals surface area contributed by atoms with Gasteiger partial charge in [0.1, 0.15) is 0 Å². The zero-order valence-corrected chi connectivity index (χ0v) is 16.2. The number of benzene rings is 2. The van der Waals surface area contributed by atoms with Gasteiger partial charge in [-0.05, 0) is 42.8 Å². The van der Waals surface area contributed by atoms with E-state index < -0.39 is 0 Å². The van der Waals surface area contributed by atoms with E-state index in [4.69, 9.17) is 5.73 Å². The second-order valence-electron chi connectivity index (χ2n) is 6.97. The highest BCUT2D eigenvalue weighted by atomic mass is 32.2. The molecule has 140 valence electrons. The molecule has 5 nitrogen and oxygen atoms in total. The summed E-state index contributed by atoms with van der Waals surface area (Å²) in [6.45, 7) is 5.24. The van der Waals surface area contributed by atoms with Crippen LogP contribution in [0.15, 0.2) is 48.2 Å². The van der Waals surface area contributed by atoms with E-state index in [2.05, 4.69) is 39.8 Å². The number of nitrogens with one attached hydrogen (secondary N) is 2. The molecule has 0 bridgehead atoms. The van der Waals surface area contributed by atoms with Crippen molar-refractivity contribution in [3.63, 3.8) is 0 Å². The van der Waals surface area contributed by atoms with Crippen LogP contribution in [-0.4, -0.2) is 35.4 Å². The lowest BCUT2D eigenvalue weighted by atomic mass is 10.0. The molecule has 27 heavy (non-hydrogen) atoms. The number of thioether (sulfide) groups is 1. The van der Waals surface area contributed by atoms with Crippen LogP contribution in [-0.2, 0) is 11.3 Å². The highest BCUT2D eigenvalue weighted by Gasteiger charge is 2.26. The molecule has 2 aromatic rings. The van der Waals surface area contributed by atoms with Crippen LogP contribution in [0.1, 0.15) is 18.1 Å². The minimum absolute atomic E-state index is 0.0970. The Morgan fingerprint density at radius 3 is 2.67 bits per heavy atom. The van der Waals surface area contributed by atoms with Crippen molar-refractivity contribution in [2.24, 2.45) is 0 Å². The first-order valence-corrected chi connectivity index (χ1v) is 10.3. The lowest BCUT2D eigenvalue weighted by Crippen LogP contribution is -2.31.